The molecule has 0 radical (unpaired) electrons. The molecule has 1 aliphatic rings. The Kier molecular flexibility index (Phi) is 6.51. The van der Waals surface area contributed by atoms with Crippen molar-refractivity contribution in [1.29, 1.82) is 0 Å². The van der Waals surface area contributed by atoms with Gasteiger partial charge in [-0.15, -0.1) is 0 Å². The lowest BCUT2D eigenvalue weighted by Gasteiger charge is -2.14. The zero-order chi connectivity index (χ0) is 21.7. The summed E-state index contributed by atoms with van der Waals surface area (Å²) in [7, 11) is 0. The molecule has 1 atom stereocenters. The number of nitrogens with one attached hydrogen (secondary N) is 1. The molecule has 30 heavy (non-hydrogen) atoms. The predicted octanol–water partition coefficient (Wildman–Crippen LogP) is 2.65. The largest absolute Gasteiger partial charge is 0.463 e. The number of benzene rings is 1. The summed E-state index contributed by atoms with van der Waals surface area (Å²) < 4.78 is 26.3. The van der Waals surface area contributed by atoms with Crippen molar-refractivity contribution in [1.82, 2.24) is 9.88 Å². The number of ether oxygens (including phenoxy) is 2. The fourth-order valence-corrected chi connectivity index (χ4v) is 2.99. The molecule has 1 saturated heterocycles. The Hall–Kier alpha value is -3.62. The van der Waals surface area contributed by atoms with Gasteiger partial charge in [-0.05, 0) is 42.8 Å². The number of nitrogens with zero attached hydrogens (tertiary/aromatic N) is 2. The lowest BCUT2D eigenvalue weighted by Crippen LogP contribution is -2.33. The van der Waals surface area contributed by atoms with Gasteiger partial charge >= 0.3 is 12.1 Å². The van der Waals surface area contributed by atoms with E-state index < -0.39 is 24.0 Å². The van der Waals surface area contributed by atoms with Crippen LogP contribution in [0, 0.1) is 5.82 Å². The van der Waals surface area contributed by atoms with E-state index in [0.717, 1.165) is 0 Å². The fourth-order valence-electron chi connectivity index (χ4n) is 2.99. The SMILES string of the molecule is CCOC(=O)C=Cc1ccn(-c2ccc(N3C[C@H](CNC(C)=O)OC3=O)cc2F)c1. The van der Waals surface area contributed by atoms with E-state index in [2.05, 4.69) is 5.32 Å². The maximum absolute atomic E-state index is 14.7. The maximum atomic E-state index is 14.7. The topological polar surface area (TPSA) is 89.9 Å². The molecule has 0 spiro atoms. The van der Waals surface area contributed by atoms with Gasteiger partial charge < -0.3 is 19.4 Å². The van der Waals surface area contributed by atoms with Crippen LogP contribution in [-0.2, 0) is 19.1 Å². The molecular formula is C21H22FN3O5. The van der Waals surface area contributed by atoms with Crippen LogP contribution in [0.2, 0.25) is 0 Å². The van der Waals surface area contributed by atoms with Gasteiger partial charge in [0.1, 0.15) is 11.9 Å². The van der Waals surface area contributed by atoms with Crippen molar-refractivity contribution in [3.05, 3.63) is 54.1 Å². The molecule has 0 bridgehead atoms. The molecule has 2 heterocycles. The summed E-state index contributed by atoms with van der Waals surface area (Å²) in [5, 5.41) is 2.59. The second-order valence-corrected chi connectivity index (χ2v) is 6.63. The number of amides is 2. The summed E-state index contributed by atoms with van der Waals surface area (Å²) >= 11 is 0. The average Bonchev–Trinajstić information content (AvgIpc) is 3.31. The summed E-state index contributed by atoms with van der Waals surface area (Å²) in [5.74, 6) is -1.19. The van der Waals surface area contributed by atoms with E-state index >= 15 is 0 Å². The molecule has 0 saturated carbocycles. The summed E-state index contributed by atoms with van der Waals surface area (Å²) in [6.45, 7) is 3.80. The maximum Gasteiger partial charge on any atom is 0.414 e. The third-order valence-electron chi connectivity index (χ3n) is 4.39. The minimum Gasteiger partial charge on any atom is -0.463 e. The van der Waals surface area contributed by atoms with Crippen LogP contribution < -0.4 is 10.2 Å². The van der Waals surface area contributed by atoms with Gasteiger partial charge in [-0.25, -0.2) is 14.0 Å². The quantitative estimate of drug-likeness (QED) is 0.555. The van der Waals surface area contributed by atoms with E-state index in [0.29, 0.717) is 17.9 Å². The number of aromatic nitrogens is 1. The van der Waals surface area contributed by atoms with E-state index in [-0.39, 0.29) is 24.7 Å². The van der Waals surface area contributed by atoms with Crippen LogP contribution in [0.3, 0.4) is 0 Å². The molecule has 1 aromatic heterocycles. The van der Waals surface area contributed by atoms with Crippen LogP contribution in [0.1, 0.15) is 19.4 Å². The Morgan fingerprint density at radius 3 is 2.87 bits per heavy atom. The van der Waals surface area contributed by atoms with Crippen molar-refractivity contribution < 1.29 is 28.2 Å². The minimum absolute atomic E-state index is 0.198. The van der Waals surface area contributed by atoms with Crippen molar-refractivity contribution in [3.63, 3.8) is 0 Å². The Morgan fingerprint density at radius 2 is 2.17 bits per heavy atom. The Morgan fingerprint density at radius 1 is 1.37 bits per heavy atom. The van der Waals surface area contributed by atoms with Gasteiger partial charge in [-0.3, -0.25) is 9.69 Å². The third kappa shape index (κ3) is 5.05. The number of halogens is 1. The summed E-state index contributed by atoms with van der Waals surface area (Å²) in [4.78, 5) is 35.8. The van der Waals surface area contributed by atoms with Gasteiger partial charge in [0.25, 0.3) is 0 Å². The molecule has 2 aromatic rings. The second kappa shape index (κ2) is 9.25. The Labute approximate surface area is 172 Å². The first-order chi connectivity index (χ1) is 14.4. The third-order valence-corrected chi connectivity index (χ3v) is 4.39. The zero-order valence-electron chi connectivity index (χ0n) is 16.6. The lowest BCUT2D eigenvalue weighted by atomic mass is 10.2. The molecule has 3 rings (SSSR count). The Bertz CT molecular complexity index is 985. The molecule has 9 heteroatoms. The highest BCUT2D eigenvalue weighted by Gasteiger charge is 2.32. The van der Waals surface area contributed by atoms with E-state index in [1.54, 1.807) is 48.2 Å². The van der Waals surface area contributed by atoms with Crippen LogP contribution in [0.5, 0.6) is 0 Å². The predicted molar refractivity (Wildman–Crippen MR) is 108 cm³/mol. The van der Waals surface area contributed by atoms with Crippen molar-refractivity contribution in [2.75, 3.05) is 24.6 Å². The number of cyclic esters (lactones) is 1. The number of anilines is 1. The highest BCUT2D eigenvalue weighted by molar-refractivity contribution is 5.90. The molecule has 1 aromatic carbocycles. The van der Waals surface area contributed by atoms with E-state index in [1.165, 1.54) is 24.0 Å². The van der Waals surface area contributed by atoms with Crippen molar-refractivity contribution in [2.24, 2.45) is 0 Å². The Balaban J connectivity index is 1.71. The molecule has 0 aliphatic carbocycles. The van der Waals surface area contributed by atoms with Gasteiger partial charge in [0, 0.05) is 25.4 Å². The van der Waals surface area contributed by atoms with Crippen LogP contribution in [0.25, 0.3) is 11.8 Å². The first kappa shape index (κ1) is 21.1. The fraction of sp³-hybridized carbons (Fsp3) is 0.286. The molecule has 2 amide bonds. The number of carbonyl (C=O) groups excluding carboxylic acids is 3. The number of carbonyl (C=O) groups is 3. The minimum atomic E-state index is -0.593. The average molecular weight is 415 g/mol. The summed E-state index contributed by atoms with van der Waals surface area (Å²) in [5.41, 5.74) is 1.36. The molecular weight excluding hydrogens is 393 g/mol. The van der Waals surface area contributed by atoms with Gasteiger partial charge in [0.15, 0.2) is 0 Å². The standard InChI is InChI=1S/C21H22FN3O5/c1-3-29-20(27)7-4-15-8-9-24(12-15)19-6-5-16(10-18(19)22)25-13-17(30-21(25)28)11-23-14(2)26/h4-10,12,17H,3,11,13H2,1-2H3,(H,23,26)/t17-/m0/s1. The summed E-state index contributed by atoms with van der Waals surface area (Å²) in [6, 6.07) is 6.16. The van der Waals surface area contributed by atoms with Gasteiger partial charge in [0.2, 0.25) is 5.91 Å². The smallest absolute Gasteiger partial charge is 0.414 e. The number of hydrogen-bond donors (Lipinski definition) is 1. The number of esters is 1. The first-order valence-electron chi connectivity index (χ1n) is 9.42. The van der Waals surface area contributed by atoms with Crippen LogP contribution in [0.4, 0.5) is 14.9 Å². The van der Waals surface area contributed by atoms with Crippen molar-refractivity contribution in [2.45, 2.75) is 20.0 Å². The van der Waals surface area contributed by atoms with Gasteiger partial charge in [0.05, 0.1) is 31.1 Å². The molecule has 1 N–H and O–H groups in total. The summed E-state index contributed by atoms with van der Waals surface area (Å²) in [6.07, 6.45) is 5.12. The van der Waals surface area contributed by atoms with Crippen LogP contribution >= 0.6 is 0 Å². The molecule has 0 unspecified atom stereocenters. The van der Waals surface area contributed by atoms with Crippen molar-refractivity contribution >= 4 is 29.7 Å². The van der Waals surface area contributed by atoms with E-state index in [1.807, 2.05) is 0 Å². The van der Waals surface area contributed by atoms with Gasteiger partial charge in [-0.2, -0.15) is 0 Å². The highest BCUT2D eigenvalue weighted by atomic mass is 19.1. The first-order valence-corrected chi connectivity index (χ1v) is 9.42. The van der Waals surface area contributed by atoms with Crippen LogP contribution in [0.15, 0.2) is 42.7 Å². The second-order valence-electron chi connectivity index (χ2n) is 6.63. The molecule has 1 fully saturated rings. The normalized spacial score (nSPS) is 16.0. The van der Waals surface area contributed by atoms with E-state index in [9.17, 15) is 18.8 Å². The lowest BCUT2D eigenvalue weighted by molar-refractivity contribution is -0.137. The monoisotopic (exact) mass is 415 g/mol. The number of hydrogen-bond acceptors (Lipinski definition) is 5. The van der Waals surface area contributed by atoms with Crippen molar-refractivity contribution in [3.8, 4) is 5.69 Å². The van der Waals surface area contributed by atoms with Gasteiger partial charge in [-0.1, -0.05) is 0 Å². The number of rotatable bonds is 7. The van der Waals surface area contributed by atoms with Crippen LogP contribution in [-0.4, -0.2) is 48.3 Å². The molecule has 1 aliphatic heterocycles. The molecule has 158 valence electrons. The van der Waals surface area contributed by atoms with E-state index in [4.69, 9.17) is 9.47 Å². The molecule has 8 nitrogen and oxygen atoms in total. The highest BCUT2D eigenvalue weighted by Crippen LogP contribution is 2.26. The zero-order valence-corrected chi connectivity index (χ0v) is 16.6.